The summed E-state index contributed by atoms with van der Waals surface area (Å²) in [4.78, 5) is 11.4. The van der Waals surface area contributed by atoms with E-state index in [9.17, 15) is 4.79 Å². The Labute approximate surface area is 104 Å². The van der Waals surface area contributed by atoms with E-state index < -0.39 is 12.1 Å². The molecule has 0 aliphatic carbocycles. The van der Waals surface area contributed by atoms with Crippen LogP contribution in [0.2, 0.25) is 0 Å². The first-order valence-electron chi connectivity index (χ1n) is 4.96. The molecule has 1 aliphatic rings. The maximum atomic E-state index is 11.4. The van der Waals surface area contributed by atoms with Gasteiger partial charge in [-0.05, 0) is 17.7 Å². The average molecular weight is 255 g/mol. The second-order valence-electron chi connectivity index (χ2n) is 3.44. The molecule has 5 heteroatoms. The number of hydrogen-bond donors (Lipinski definition) is 0. The fraction of sp³-hybridized carbons (Fsp3) is 0.250. The molecule has 2 rings (SSSR count). The van der Waals surface area contributed by atoms with Crippen LogP contribution in [0.3, 0.4) is 0 Å². The summed E-state index contributed by atoms with van der Waals surface area (Å²) < 4.78 is 15.1. The Balaban J connectivity index is 2.29. The van der Waals surface area contributed by atoms with E-state index in [1.165, 1.54) is 7.11 Å². The number of esters is 1. The molecule has 1 aliphatic heterocycles. The molecule has 0 amide bonds. The van der Waals surface area contributed by atoms with Gasteiger partial charge in [0.05, 0.1) is 14.2 Å². The summed E-state index contributed by atoms with van der Waals surface area (Å²) in [5, 5.41) is 0.266. The van der Waals surface area contributed by atoms with Crippen molar-refractivity contribution < 1.29 is 19.0 Å². The number of carbonyl (C=O) groups is 1. The normalized spacial score (nSPS) is 19.2. The van der Waals surface area contributed by atoms with Crippen molar-refractivity contribution >= 4 is 17.6 Å². The van der Waals surface area contributed by atoms with Gasteiger partial charge in [-0.15, -0.1) is 0 Å². The number of halogens is 1. The number of rotatable bonds is 3. The predicted octanol–water partition coefficient (Wildman–Crippen LogP) is 2.39. The summed E-state index contributed by atoms with van der Waals surface area (Å²) >= 11 is 6.02. The van der Waals surface area contributed by atoms with Crippen LogP contribution in [-0.2, 0) is 14.3 Å². The van der Waals surface area contributed by atoms with E-state index in [4.69, 9.17) is 25.8 Å². The quantitative estimate of drug-likeness (QED) is 0.777. The van der Waals surface area contributed by atoms with Gasteiger partial charge in [0, 0.05) is 0 Å². The maximum Gasteiger partial charge on any atom is 0.375 e. The molecule has 90 valence electrons. The van der Waals surface area contributed by atoms with Gasteiger partial charge in [0.2, 0.25) is 5.76 Å². The lowest BCUT2D eigenvalue weighted by molar-refractivity contribution is -0.142. The fourth-order valence-electron chi connectivity index (χ4n) is 1.60. The van der Waals surface area contributed by atoms with Crippen LogP contribution in [-0.4, -0.2) is 20.2 Å². The minimum atomic E-state index is -0.593. The van der Waals surface area contributed by atoms with Crippen molar-refractivity contribution in [2.45, 2.75) is 6.10 Å². The van der Waals surface area contributed by atoms with Crippen molar-refractivity contribution in [1.82, 2.24) is 0 Å². The monoisotopic (exact) mass is 254 g/mol. The number of ether oxygens (including phenoxy) is 3. The number of cyclic esters (lactones) is 1. The first-order valence-corrected chi connectivity index (χ1v) is 5.33. The van der Waals surface area contributed by atoms with Crippen LogP contribution in [0.1, 0.15) is 11.7 Å². The number of hydrogen-bond acceptors (Lipinski definition) is 4. The lowest BCUT2D eigenvalue weighted by atomic mass is 10.1. The minimum Gasteiger partial charge on any atom is -0.497 e. The van der Waals surface area contributed by atoms with E-state index in [0.29, 0.717) is 0 Å². The summed E-state index contributed by atoms with van der Waals surface area (Å²) in [5.41, 5.74) is 0.774. The summed E-state index contributed by atoms with van der Waals surface area (Å²) in [6, 6.07) is 7.13. The van der Waals surface area contributed by atoms with Crippen LogP contribution in [0.15, 0.2) is 35.1 Å². The molecular formula is C12H11ClO4. The van der Waals surface area contributed by atoms with E-state index in [-0.39, 0.29) is 10.8 Å². The zero-order valence-electron chi connectivity index (χ0n) is 9.40. The van der Waals surface area contributed by atoms with Crippen LogP contribution in [0.5, 0.6) is 5.75 Å². The number of benzene rings is 1. The third-order valence-electron chi connectivity index (χ3n) is 2.48. The second-order valence-corrected chi connectivity index (χ2v) is 3.85. The molecule has 1 atom stereocenters. The van der Waals surface area contributed by atoms with E-state index >= 15 is 0 Å². The van der Waals surface area contributed by atoms with E-state index in [0.717, 1.165) is 11.3 Å². The molecule has 0 bridgehead atoms. The van der Waals surface area contributed by atoms with E-state index in [1.807, 2.05) is 0 Å². The third-order valence-corrected chi connectivity index (χ3v) is 2.85. The summed E-state index contributed by atoms with van der Waals surface area (Å²) in [6.45, 7) is 0. The van der Waals surface area contributed by atoms with E-state index in [1.54, 1.807) is 31.4 Å². The van der Waals surface area contributed by atoms with Gasteiger partial charge < -0.3 is 14.2 Å². The number of methoxy groups -OCH3 is 2. The standard InChI is InChI=1S/C12H11ClO4/c1-15-8-5-3-7(4-6-8)10-9(13)11(16-2)12(14)17-10/h3-6,10H,1-2H3. The molecule has 0 spiro atoms. The first-order chi connectivity index (χ1) is 8.17. The summed E-state index contributed by atoms with van der Waals surface area (Å²) in [5.74, 6) is 0.246. The first kappa shape index (κ1) is 11.8. The SMILES string of the molecule is COC1=C(Cl)C(c2ccc(OC)cc2)OC1=O. The van der Waals surface area contributed by atoms with E-state index in [2.05, 4.69) is 0 Å². The Hall–Kier alpha value is -1.68. The van der Waals surface area contributed by atoms with Gasteiger partial charge in [0.15, 0.2) is 6.10 Å². The number of carbonyl (C=O) groups excluding carboxylic acids is 1. The molecule has 1 heterocycles. The molecule has 1 unspecified atom stereocenters. The van der Waals surface area contributed by atoms with Crippen LogP contribution in [0.4, 0.5) is 0 Å². The van der Waals surface area contributed by atoms with Gasteiger partial charge >= 0.3 is 5.97 Å². The molecule has 0 saturated carbocycles. The summed E-state index contributed by atoms with van der Waals surface area (Å²) in [6.07, 6.45) is -0.593. The zero-order valence-corrected chi connectivity index (χ0v) is 10.2. The van der Waals surface area contributed by atoms with Crippen LogP contribution < -0.4 is 4.74 Å². The van der Waals surface area contributed by atoms with Crippen molar-refractivity contribution in [3.05, 3.63) is 40.6 Å². The molecule has 17 heavy (non-hydrogen) atoms. The molecule has 0 fully saturated rings. The molecule has 0 radical (unpaired) electrons. The maximum absolute atomic E-state index is 11.4. The van der Waals surface area contributed by atoms with Gasteiger partial charge in [0.25, 0.3) is 0 Å². The highest BCUT2D eigenvalue weighted by Gasteiger charge is 2.35. The average Bonchev–Trinajstić information content (AvgIpc) is 2.64. The molecule has 4 nitrogen and oxygen atoms in total. The molecular weight excluding hydrogens is 244 g/mol. The third kappa shape index (κ3) is 2.08. The van der Waals surface area contributed by atoms with Gasteiger partial charge in [-0.2, -0.15) is 0 Å². The lowest BCUT2D eigenvalue weighted by Crippen LogP contribution is -2.03. The molecule has 1 aromatic rings. The van der Waals surface area contributed by atoms with Gasteiger partial charge in [-0.1, -0.05) is 23.7 Å². The van der Waals surface area contributed by atoms with Crippen molar-refractivity contribution in [2.24, 2.45) is 0 Å². The van der Waals surface area contributed by atoms with Crippen LogP contribution in [0, 0.1) is 0 Å². The largest absolute Gasteiger partial charge is 0.497 e. The molecule has 1 aromatic carbocycles. The van der Waals surface area contributed by atoms with Crippen LogP contribution >= 0.6 is 11.6 Å². The predicted molar refractivity (Wildman–Crippen MR) is 61.7 cm³/mol. The molecule has 0 aromatic heterocycles. The Kier molecular flexibility index (Phi) is 3.24. The lowest BCUT2D eigenvalue weighted by Gasteiger charge is -2.10. The van der Waals surface area contributed by atoms with Crippen molar-refractivity contribution in [3.8, 4) is 5.75 Å². The highest BCUT2D eigenvalue weighted by molar-refractivity contribution is 6.33. The highest BCUT2D eigenvalue weighted by atomic mass is 35.5. The van der Waals surface area contributed by atoms with Crippen molar-refractivity contribution in [2.75, 3.05) is 14.2 Å². The topological polar surface area (TPSA) is 44.8 Å². The van der Waals surface area contributed by atoms with Gasteiger partial charge in [-0.3, -0.25) is 0 Å². The van der Waals surface area contributed by atoms with Crippen molar-refractivity contribution in [1.29, 1.82) is 0 Å². The Morgan fingerprint density at radius 2 is 1.82 bits per heavy atom. The Morgan fingerprint density at radius 1 is 1.18 bits per heavy atom. The molecule has 0 saturated heterocycles. The molecule has 0 N–H and O–H groups in total. The van der Waals surface area contributed by atoms with Crippen LogP contribution in [0.25, 0.3) is 0 Å². The smallest absolute Gasteiger partial charge is 0.375 e. The minimum absolute atomic E-state index is 0.0625. The van der Waals surface area contributed by atoms with Gasteiger partial charge in [0.1, 0.15) is 10.8 Å². The summed E-state index contributed by atoms with van der Waals surface area (Å²) in [7, 11) is 2.97. The second kappa shape index (κ2) is 4.67. The van der Waals surface area contributed by atoms with Crippen molar-refractivity contribution in [3.63, 3.8) is 0 Å². The van der Waals surface area contributed by atoms with Gasteiger partial charge in [-0.25, -0.2) is 4.79 Å². The Morgan fingerprint density at radius 3 is 2.29 bits per heavy atom. The fourth-order valence-corrected chi connectivity index (χ4v) is 1.93. The highest BCUT2D eigenvalue weighted by Crippen LogP contribution is 2.38. The Bertz CT molecular complexity index is 464. The zero-order chi connectivity index (χ0) is 12.4.